The molecule has 1 N–H and O–H groups in total. The highest BCUT2D eigenvalue weighted by molar-refractivity contribution is 5.75. The van der Waals surface area contributed by atoms with Gasteiger partial charge in [-0.1, -0.05) is 25.3 Å². The molecule has 23 heavy (non-hydrogen) atoms. The van der Waals surface area contributed by atoms with Gasteiger partial charge in [-0.2, -0.15) is 5.26 Å². The molecule has 1 saturated carbocycles. The van der Waals surface area contributed by atoms with Crippen LogP contribution in [0.15, 0.2) is 24.3 Å². The molecule has 2 fully saturated rings. The number of piperazine rings is 1. The highest BCUT2D eigenvalue weighted by Gasteiger charge is 2.24. The summed E-state index contributed by atoms with van der Waals surface area (Å²) < 4.78 is 0. The van der Waals surface area contributed by atoms with Crippen LogP contribution in [0.4, 0.5) is 10.5 Å². The molecular formula is C18H24N4O. The lowest BCUT2D eigenvalue weighted by Crippen LogP contribution is -2.53. The van der Waals surface area contributed by atoms with E-state index in [1.807, 2.05) is 29.2 Å². The third-order valence-corrected chi connectivity index (χ3v) is 4.84. The lowest BCUT2D eigenvalue weighted by atomic mass is 9.96. The van der Waals surface area contributed by atoms with Gasteiger partial charge in [-0.05, 0) is 31.0 Å². The normalized spacial score (nSPS) is 19.3. The average molecular weight is 312 g/mol. The first-order valence-corrected chi connectivity index (χ1v) is 8.57. The van der Waals surface area contributed by atoms with Crippen LogP contribution in [-0.4, -0.2) is 43.2 Å². The van der Waals surface area contributed by atoms with Gasteiger partial charge < -0.3 is 15.1 Å². The molecule has 0 unspecified atom stereocenters. The molecule has 2 aliphatic rings. The molecule has 1 saturated heterocycles. The molecule has 1 aromatic rings. The van der Waals surface area contributed by atoms with Crippen molar-refractivity contribution < 1.29 is 4.79 Å². The number of benzene rings is 1. The van der Waals surface area contributed by atoms with Crippen LogP contribution in [0, 0.1) is 11.3 Å². The molecule has 122 valence electrons. The predicted octanol–water partition coefficient (Wildman–Crippen LogP) is 2.72. The van der Waals surface area contributed by atoms with Crippen molar-refractivity contribution in [3.05, 3.63) is 29.8 Å². The summed E-state index contributed by atoms with van der Waals surface area (Å²) in [4.78, 5) is 16.5. The van der Waals surface area contributed by atoms with Gasteiger partial charge in [-0.15, -0.1) is 0 Å². The molecule has 0 atom stereocenters. The van der Waals surface area contributed by atoms with E-state index in [4.69, 9.17) is 5.26 Å². The maximum Gasteiger partial charge on any atom is 0.317 e. The molecule has 3 rings (SSSR count). The highest BCUT2D eigenvalue weighted by atomic mass is 16.2. The number of hydrogen-bond donors (Lipinski definition) is 1. The quantitative estimate of drug-likeness (QED) is 0.913. The summed E-state index contributed by atoms with van der Waals surface area (Å²) in [7, 11) is 0. The predicted molar refractivity (Wildman–Crippen MR) is 90.3 cm³/mol. The van der Waals surface area contributed by atoms with Crippen molar-refractivity contribution >= 4 is 11.7 Å². The number of carbonyl (C=O) groups is 1. The van der Waals surface area contributed by atoms with Gasteiger partial charge in [0.05, 0.1) is 11.6 Å². The van der Waals surface area contributed by atoms with Crippen molar-refractivity contribution in [2.24, 2.45) is 0 Å². The largest absolute Gasteiger partial charge is 0.368 e. The van der Waals surface area contributed by atoms with Crippen molar-refractivity contribution in [3.63, 3.8) is 0 Å². The molecule has 5 nitrogen and oxygen atoms in total. The monoisotopic (exact) mass is 312 g/mol. The fourth-order valence-corrected chi connectivity index (χ4v) is 3.45. The van der Waals surface area contributed by atoms with Crippen LogP contribution in [0.3, 0.4) is 0 Å². The minimum atomic E-state index is 0.0855. The summed E-state index contributed by atoms with van der Waals surface area (Å²) in [6.45, 7) is 3.09. The van der Waals surface area contributed by atoms with Gasteiger partial charge in [-0.25, -0.2) is 4.79 Å². The lowest BCUT2D eigenvalue weighted by Gasteiger charge is -2.37. The zero-order chi connectivity index (χ0) is 16.1. The Kier molecular flexibility index (Phi) is 5.02. The molecule has 1 heterocycles. The fourth-order valence-electron chi connectivity index (χ4n) is 3.45. The van der Waals surface area contributed by atoms with Crippen LogP contribution in [-0.2, 0) is 0 Å². The van der Waals surface area contributed by atoms with E-state index in [1.54, 1.807) is 0 Å². The maximum absolute atomic E-state index is 12.4. The minimum absolute atomic E-state index is 0.0855. The summed E-state index contributed by atoms with van der Waals surface area (Å²) >= 11 is 0. The Morgan fingerprint density at radius 3 is 2.57 bits per heavy atom. The van der Waals surface area contributed by atoms with Crippen LogP contribution >= 0.6 is 0 Å². The maximum atomic E-state index is 12.4. The molecule has 5 heteroatoms. The lowest BCUT2D eigenvalue weighted by molar-refractivity contribution is 0.186. The zero-order valence-electron chi connectivity index (χ0n) is 13.5. The molecule has 1 aliphatic heterocycles. The number of urea groups is 1. The summed E-state index contributed by atoms with van der Waals surface area (Å²) in [5.41, 5.74) is 1.75. The molecule has 1 aliphatic carbocycles. The fraction of sp³-hybridized carbons (Fsp3) is 0.556. The first-order valence-electron chi connectivity index (χ1n) is 8.57. The summed E-state index contributed by atoms with van der Waals surface area (Å²) in [6, 6.07) is 10.3. The number of nitriles is 1. The van der Waals surface area contributed by atoms with E-state index in [2.05, 4.69) is 16.3 Å². The van der Waals surface area contributed by atoms with Gasteiger partial charge in [0.2, 0.25) is 0 Å². The van der Waals surface area contributed by atoms with Crippen LogP contribution in [0.25, 0.3) is 0 Å². The first kappa shape index (κ1) is 15.7. The second-order valence-corrected chi connectivity index (χ2v) is 6.42. The topological polar surface area (TPSA) is 59.4 Å². The molecule has 0 bridgehead atoms. The first-order chi connectivity index (χ1) is 11.3. The van der Waals surface area contributed by atoms with Crippen LogP contribution < -0.4 is 10.2 Å². The zero-order valence-corrected chi connectivity index (χ0v) is 13.5. The summed E-state index contributed by atoms with van der Waals surface area (Å²) in [5.74, 6) is 0. The van der Waals surface area contributed by atoms with Gasteiger partial charge in [0, 0.05) is 37.9 Å². The van der Waals surface area contributed by atoms with Crippen LogP contribution in [0.5, 0.6) is 0 Å². The number of anilines is 1. The van der Waals surface area contributed by atoms with Gasteiger partial charge in [0.25, 0.3) is 0 Å². The molecular weight excluding hydrogens is 288 g/mol. The number of nitrogens with one attached hydrogen (secondary N) is 1. The van der Waals surface area contributed by atoms with Crippen molar-refractivity contribution in [3.8, 4) is 6.07 Å². The second-order valence-electron chi connectivity index (χ2n) is 6.42. The molecule has 2 amide bonds. The van der Waals surface area contributed by atoms with Gasteiger partial charge in [0.15, 0.2) is 0 Å². The highest BCUT2D eigenvalue weighted by Crippen LogP contribution is 2.19. The van der Waals surface area contributed by atoms with Gasteiger partial charge in [0.1, 0.15) is 0 Å². The second kappa shape index (κ2) is 7.36. The Morgan fingerprint density at radius 2 is 1.87 bits per heavy atom. The third-order valence-electron chi connectivity index (χ3n) is 4.84. The van der Waals surface area contributed by atoms with Crippen LogP contribution in [0.1, 0.15) is 37.7 Å². The number of carbonyl (C=O) groups excluding carboxylic acids is 1. The Labute approximate surface area is 137 Å². The van der Waals surface area contributed by atoms with E-state index < -0.39 is 0 Å². The number of hydrogen-bond acceptors (Lipinski definition) is 3. The Balaban J connectivity index is 1.51. The number of nitrogens with zero attached hydrogens (tertiary/aromatic N) is 3. The Morgan fingerprint density at radius 1 is 1.13 bits per heavy atom. The van der Waals surface area contributed by atoms with E-state index in [0.29, 0.717) is 11.6 Å². The van der Waals surface area contributed by atoms with E-state index in [0.717, 1.165) is 44.7 Å². The van der Waals surface area contributed by atoms with E-state index in [-0.39, 0.29) is 6.03 Å². The van der Waals surface area contributed by atoms with Crippen molar-refractivity contribution in [2.45, 2.75) is 38.1 Å². The third kappa shape index (κ3) is 3.95. The van der Waals surface area contributed by atoms with E-state index in [9.17, 15) is 4.79 Å². The number of rotatable bonds is 2. The average Bonchev–Trinajstić information content (AvgIpc) is 2.63. The molecule has 0 radical (unpaired) electrons. The summed E-state index contributed by atoms with van der Waals surface area (Å²) in [5, 5.41) is 12.2. The SMILES string of the molecule is N#Cc1cccc(N2CCN(C(=O)NC3CCCCC3)CC2)c1. The van der Waals surface area contributed by atoms with Gasteiger partial charge >= 0.3 is 6.03 Å². The van der Waals surface area contributed by atoms with E-state index in [1.165, 1.54) is 19.3 Å². The van der Waals surface area contributed by atoms with Crippen molar-refractivity contribution in [1.29, 1.82) is 5.26 Å². The smallest absolute Gasteiger partial charge is 0.317 e. The molecule has 0 spiro atoms. The van der Waals surface area contributed by atoms with Crippen LogP contribution in [0.2, 0.25) is 0 Å². The Hall–Kier alpha value is -2.22. The Bertz CT molecular complexity index is 581. The molecule has 1 aromatic carbocycles. The molecule has 0 aromatic heterocycles. The number of amides is 2. The standard InChI is InChI=1S/C18H24N4O/c19-14-15-5-4-8-17(13-15)21-9-11-22(12-10-21)18(23)20-16-6-2-1-3-7-16/h4-5,8,13,16H,1-3,6-7,9-12H2,(H,20,23). The van der Waals surface area contributed by atoms with E-state index >= 15 is 0 Å². The van der Waals surface area contributed by atoms with Crippen molar-refractivity contribution in [1.82, 2.24) is 10.2 Å². The summed E-state index contributed by atoms with van der Waals surface area (Å²) in [6.07, 6.45) is 5.99. The van der Waals surface area contributed by atoms with Gasteiger partial charge in [-0.3, -0.25) is 0 Å². The van der Waals surface area contributed by atoms with Crippen molar-refractivity contribution in [2.75, 3.05) is 31.1 Å². The minimum Gasteiger partial charge on any atom is -0.368 e.